The van der Waals surface area contributed by atoms with Gasteiger partial charge in [-0.25, -0.2) is 8.42 Å². The molecule has 2 aromatic rings. The molecule has 4 N–H and O–H groups in total. The average molecular weight is 566 g/mol. The Hall–Kier alpha value is -1.44. The maximum atomic E-state index is 12.0. The molecular formula is C19H27IN4O4S2. The first-order valence-electron chi connectivity index (χ1n) is 9.47. The number of carbonyl (C=O) groups is 1. The summed E-state index contributed by atoms with van der Waals surface area (Å²) in [5, 5.41) is 20.4. The third-order valence-electron chi connectivity index (χ3n) is 4.70. The summed E-state index contributed by atoms with van der Waals surface area (Å²) >= 11 is 1.56. The van der Waals surface area contributed by atoms with Gasteiger partial charge in [0.1, 0.15) is 6.10 Å². The number of sulfone groups is 1. The third-order valence-corrected chi connectivity index (χ3v) is 7.69. The Morgan fingerprint density at radius 1 is 1.33 bits per heavy atom. The number of hydrogen-bond donors (Lipinski definition) is 4. The second-order valence-corrected chi connectivity index (χ2v) is 10.3. The van der Waals surface area contributed by atoms with Gasteiger partial charge in [-0.3, -0.25) is 9.79 Å². The summed E-state index contributed by atoms with van der Waals surface area (Å²) in [7, 11) is -1.39. The molecule has 1 aliphatic heterocycles. The fourth-order valence-electron chi connectivity index (χ4n) is 3.18. The molecule has 1 aliphatic rings. The highest BCUT2D eigenvalue weighted by molar-refractivity contribution is 14.0. The lowest BCUT2D eigenvalue weighted by Gasteiger charge is -2.15. The van der Waals surface area contributed by atoms with Crippen LogP contribution >= 0.6 is 35.3 Å². The highest BCUT2D eigenvalue weighted by Crippen LogP contribution is 2.29. The largest absolute Gasteiger partial charge is 0.386 e. The first-order valence-corrected chi connectivity index (χ1v) is 12.1. The standard InChI is InChI=1S/C19H26N4O4S2.HI/c1-20-19(21-8-6-18(25)23-14-7-9-29(26,27)12-14)22-11-15(24)17-10-13-4-2-3-5-16(13)28-17;/h2-5,10,14-15,24H,6-9,11-12H2,1H3,(H,23,25)(H2,20,21,22);1H. The number of aliphatic hydroxyl groups excluding tert-OH is 1. The molecule has 11 heteroatoms. The van der Waals surface area contributed by atoms with Gasteiger partial charge >= 0.3 is 0 Å². The van der Waals surface area contributed by atoms with Gasteiger partial charge in [0.2, 0.25) is 5.91 Å². The Morgan fingerprint density at radius 3 is 2.77 bits per heavy atom. The van der Waals surface area contributed by atoms with E-state index in [0.717, 1.165) is 15.0 Å². The maximum Gasteiger partial charge on any atom is 0.222 e. The van der Waals surface area contributed by atoms with E-state index in [-0.39, 0.29) is 53.9 Å². The predicted octanol–water partition coefficient (Wildman–Crippen LogP) is 1.41. The number of nitrogens with zero attached hydrogens (tertiary/aromatic N) is 1. The zero-order valence-corrected chi connectivity index (χ0v) is 20.6. The van der Waals surface area contributed by atoms with Gasteiger partial charge in [-0.1, -0.05) is 18.2 Å². The number of aliphatic imine (C=N–C) groups is 1. The van der Waals surface area contributed by atoms with Crippen molar-refractivity contribution in [2.45, 2.75) is 25.0 Å². The molecule has 1 aromatic heterocycles. The lowest BCUT2D eigenvalue weighted by atomic mass is 10.2. The number of amides is 1. The second-order valence-electron chi connectivity index (χ2n) is 7.00. The number of rotatable bonds is 7. The Bertz CT molecular complexity index is 960. The van der Waals surface area contributed by atoms with E-state index in [1.54, 1.807) is 18.4 Å². The van der Waals surface area contributed by atoms with Gasteiger partial charge in [-0.05, 0) is 23.9 Å². The van der Waals surface area contributed by atoms with Crippen molar-refractivity contribution in [2.75, 3.05) is 31.6 Å². The number of thiophene rings is 1. The highest BCUT2D eigenvalue weighted by Gasteiger charge is 2.28. The molecular weight excluding hydrogens is 539 g/mol. The first-order chi connectivity index (χ1) is 13.9. The van der Waals surface area contributed by atoms with E-state index in [0.29, 0.717) is 25.5 Å². The number of halogens is 1. The second kappa shape index (κ2) is 11.3. The SMILES string of the molecule is CN=C(NCCC(=O)NC1CCS(=O)(=O)C1)NCC(O)c1cc2ccccc2s1.I. The summed E-state index contributed by atoms with van der Waals surface area (Å²) in [5.41, 5.74) is 0. The van der Waals surface area contributed by atoms with Crippen LogP contribution in [-0.2, 0) is 14.6 Å². The Morgan fingerprint density at radius 2 is 2.10 bits per heavy atom. The first kappa shape index (κ1) is 24.8. The van der Waals surface area contributed by atoms with E-state index in [9.17, 15) is 18.3 Å². The van der Waals surface area contributed by atoms with E-state index in [1.807, 2.05) is 30.3 Å². The minimum absolute atomic E-state index is 0. The molecule has 1 amide bonds. The molecule has 166 valence electrons. The van der Waals surface area contributed by atoms with Crippen LogP contribution in [0.4, 0.5) is 0 Å². The summed E-state index contributed by atoms with van der Waals surface area (Å²) in [6.07, 6.45) is 0.00905. The summed E-state index contributed by atoms with van der Waals surface area (Å²) in [4.78, 5) is 16.9. The van der Waals surface area contributed by atoms with Crippen molar-refractivity contribution < 1.29 is 18.3 Å². The fourth-order valence-corrected chi connectivity index (χ4v) is 5.91. The van der Waals surface area contributed by atoms with Crippen LogP contribution in [-0.4, -0.2) is 63.1 Å². The molecule has 1 fully saturated rings. The molecule has 2 heterocycles. The number of carbonyl (C=O) groups excluding carboxylic acids is 1. The molecule has 0 spiro atoms. The minimum atomic E-state index is -3.01. The van der Waals surface area contributed by atoms with Crippen LogP contribution in [0.15, 0.2) is 35.3 Å². The van der Waals surface area contributed by atoms with Crippen LogP contribution in [0.2, 0.25) is 0 Å². The van der Waals surface area contributed by atoms with E-state index in [2.05, 4.69) is 20.9 Å². The molecule has 8 nitrogen and oxygen atoms in total. The number of aliphatic hydroxyl groups is 1. The molecule has 1 aromatic carbocycles. The van der Waals surface area contributed by atoms with Crippen LogP contribution in [0.25, 0.3) is 10.1 Å². The van der Waals surface area contributed by atoms with E-state index >= 15 is 0 Å². The smallest absolute Gasteiger partial charge is 0.222 e. The minimum Gasteiger partial charge on any atom is -0.386 e. The van der Waals surface area contributed by atoms with Crippen LogP contribution in [0.5, 0.6) is 0 Å². The lowest BCUT2D eigenvalue weighted by Crippen LogP contribution is -2.42. The average Bonchev–Trinajstić information content (AvgIpc) is 3.26. The topological polar surface area (TPSA) is 120 Å². The summed E-state index contributed by atoms with van der Waals surface area (Å²) < 4.78 is 24.0. The van der Waals surface area contributed by atoms with Gasteiger partial charge in [0.15, 0.2) is 15.8 Å². The Labute approximate surface area is 197 Å². The van der Waals surface area contributed by atoms with E-state index in [4.69, 9.17) is 0 Å². The van der Waals surface area contributed by atoms with Gasteiger partial charge in [0.25, 0.3) is 0 Å². The Kier molecular flexibility index (Phi) is 9.31. The molecule has 3 rings (SSSR count). The van der Waals surface area contributed by atoms with Crippen molar-refractivity contribution in [3.8, 4) is 0 Å². The lowest BCUT2D eigenvalue weighted by molar-refractivity contribution is -0.121. The molecule has 0 radical (unpaired) electrons. The van der Waals surface area contributed by atoms with Crippen molar-refractivity contribution in [1.82, 2.24) is 16.0 Å². The van der Waals surface area contributed by atoms with E-state index < -0.39 is 15.9 Å². The molecule has 0 bridgehead atoms. The molecule has 1 saturated heterocycles. The van der Waals surface area contributed by atoms with Gasteiger partial charge < -0.3 is 21.1 Å². The van der Waals surface area contributed by atoms with E-state index in [1.165, 1.54) is 0 Å². The number of guanidine groups is 1. The predicted molar refractivity (Wildman–Crippen MR) is 131 cm³/mol. The highest BCUT2D eigenvalue weighted by atomic mass is 127. The normalized spacial score (nSPS) is 19.1. The molecule has 2 atom stereocenters. The van der Waals surface area contributed by atoms with Crippen molar-refractivity contribution in [1.29, 1.82) is 0 Å². The summed E-state index contributed by atoms with van der Waals surface area (Å²) in [6.45, 7) is 0.641. The fraction of sp³-hybridized carbons (Fsp3) is 0.474. The van der Waals surface area contributed by atoms with Crippen LogP contribution < -0.4 is 16.0 Å². The van der Waals surface area contributed by atoms with Crippen LogP contribution in [0, 0.1) is 0 Å². The number of hydrogen-bond acceptors (Lipinski definition) is 6. The zero-order chi connectivity index (χ0) is 20.9. The van der Waals surface area contributed by atoms with Gasteiger partial charge in [-0.15, -0.1) is 35.3 Å². The zero-order valence-electron chi connectivity index (χ0n) is 16.6. The monoisotopic (exact) mass is 566 g/mol. The van der Waals surface area contributed by atoms with Crippen molar-refractivity contribution in [3.05, 3.63) is 35.2 Å². The van der Waals surface area contributed by atoms with Crippen molar-refractivity contribution >= 4 is 67.1 Å². The maximum absolute atomic E-state index is 12.0. The number of fused-ring (bicyclic) bond motifs is 1. The molecule has 30 heavy (non-hydrogen) atoms. The van der Waals surface area contributed by atoms with Crippen LogP contribution in [0.1, 0.15) is 23.8 Å². The Balaban J connectivity index is 0.00000320. The van der Waals surface area contributed by atoms with Gasteiger partial charge in [0, 0.05) is 42.2 Å². The number of nitrogens with one attached hydrogen (secondary N) is 3. The van der Waals surface area contributed by atoms with Gasteiger partial charge in [0.05, 0.1) is 11.5 Å². The molecule has 0 aliphatic carbocycles. The van der Waals surface area contributed by atoms with Crippen molar-refractivity contribution in [2.24, 2.45) is 4.99 Å². The quantitative estimate of drug-likeness (QED) is 0.229. The summed E-state index contributed by atoms with van der Waals surface area (Å²) in [6, 6.07) is 9.67. The third kappa shape index (κ3) is 7.06. The van der Waals surface area contributed by atoms with Gasteiger partial charge in [-0.2, -0.15) is 0 Å². The van der Waals surface area contributed by atoms with Crippen molar-refractivity contribution in [3.63, 3.8) is 0 Å². The van der Waals surface area contributed by atoms with Crippen LogP contribution in [0.3, 0.4) is 0 Å². The molecule has 0 saturated carbocycles. The number of benzene rings is 1. The molecule has 2 unspecified atom stereocenters. The summed E-state index contributed by atoms with van der Waals surface area (Å²) in [5.74, 6) is 0.446.